The van der Waals surface area contributed by atoms with Crippen LogP contribution in [0.25, 0.3) is 0 Å². The van der Waals surface area contributed by atoms with Crippen molar-refractivity contribution in [2.75, 3.05) is 19.6 Å². The highest BCUT2D eigenvalue weighted by atomic mass is 16.3. The molecule has 0 bridgehead atoms. The minimum atomic E-state index is -0.306. The Morgan fingerprint density at radius 1 is 1.32 bits per heavy atom. The van der Waals surface area contributed by atoms with Crippen LogP contribution in [0.15, 0.2) is 49.1 Å². The predicted octanol–water partition coefficient (Wildman–Crippen LogP) is 2.37. The summed E-state index contributed by atoms with van der Waals surface area (Å²) >= 11 is 0. The summed E-state index contributed by atoms with van der Waals surface area (Å²) in [5.41, 5.74) is 1.20. The number of aromatic nitrogens is 2. The maximum Gasteiger partial charge on any atom is 0.0949 e. The van der Waals surface area contributed by atoms with E-state index in [2.05, 4.69) is 33.5 Å². The zero-order valence-electron chi connectivity index (χ0n) is 13.2. The Morgan fingerprint density at radius 2 is 2.14 bits per heavy atom. The van der Waals surface area contributed by atoms with Gasteiger partial charge >= 0.3 is 0 Å². The van der Waals surface area contributed by atoms with Gasteiger partial charge in [-0.1, -0.05) is 37.3 Å². The lowest BCUT2D eigenvalue weighted by molar-refractivity contribution is 0.0690. The second-order valence-electron chi connectivity index (χ2n) is 6.45. The van der Waals surface area contributed by atoms with Crippen molar-refractivity contribution in [3.63, 3.8) is 0 Å². The topological polar surface area (TPSA) is 41.3 Å². The third-order valence-electron chi connectivity index (χ3n) is 4.69. The van der Waals surface area contributed by atoms with Crippen LogP contribution in [-0.2, 0) is 6.42 Å². The molecule has 0 amide bonds. The minimum absolute atomic E-state index is 0.306. The van der Waals surface area contributed by atoms with E-state index in [1.165, 1.54) is 12.0 Å². The van der Waals surface area contributed by atoms with Crippen LogP contribution in [0.4, 0.5) is 0 Å². The number of rotatable bonds is 5. The van der Waals surface area contributed by atoms with Crippen LogP contribution < -0.4 is 0 Å². The molecule has 1 aromatic carbocycles. The van der Waals surface area contributed by atoms with E-state index >= 15 is 0 Å². The molecule has 0 saturated carbocycles. The fraction of sp³-hybridized carbons (Fsp3) is 0.500. The maximum atomic E-state index is 10.4. The monoisotopic (exact) mass is 299 g/mol. The van der Waals surface area contributed by atoms with Crippen molar-refractivity contribution >= 4 is 0 Å². The molecule has 1 aromatic heterocycles. The molecule has 118 valence electrons. The summed E-state index contributed by atoms with van der Waals surface area (Å²) in [4.78, 5) is 6.56. The Kier molecular flexibility index (Phi) is 4.90. The number of hydrogen-bond acceptors (Lipinski definition) is 3. The molecule has 1 aliphatic heterocycles. The molecular weight excluding hydrogens is 274 g/mol. The maximum absolute atomic E-state index is 10.4. The Morgan fingerprint density at radius 3 is 2.86 bits per heavy atom. The van der Waals surface area contributed by atoms with Gasteiger partial charge in [-0.15, -0.1) is 0 Å². The van der Waals surface area contributed by atoms with Crippen molar-refractivity contribution in [1.82, 2.24) is 14.5 Å². The summed E-state index contributed by atoms with van der Waals surface area (Å²) in [6, 6.07) is 10.7. The lowest BCUT2D eigenvalue weighted by Gasteiger charge is -2.38. The van der Waals surface area contributed by atoms with Crippen molar-refractivity contribution in [1.29, 1.82) is 0 Å². The molecule has 4 nitrogen and oxygen atoms in total. The summed E-state index contributed by atoms with van der Waals surface area (Å²) in [5.74, 6) is 0.650. The van der Waals surface area contributed by atoms with Gasteiger partial charge in [-0.05, 0) is 30.9 Å². The number of imidazole rings is 1. The fourth-order valence-electron chi connectivity index (χ4n) is 3.38. The van der Waals surface area contributed by atoms with Gasteiger partial charge in [-0.25, -0.2) is 4.98 Å². The highest BCUT2D eigenvalue weighted by Crippen LogP contribution is 2.27. The van der Waals surface area contributed by atoms with E-state index < -0.39 is 0 Å². The Bertz CT molecular complexity index is 555. The third kappa shape index (κ3) is 3.76. The molecular formula is C18H25N3O. The van der Waals surface area contributed by atoms with Crippen molar-refractivity contribution in [2.24, 2.45) is 5.92 Å². The van der Waals surface area contributed by atoms with Crippen molar-refractivity contribution in [3.05, 3.63) is 54.6 Å². The first kappa shape index (κ1) is 15.3. The molecule has 2 aromatic rings. The van der Waals surface area contributed by atoms with Crippen LogP contribution in [0, 0.1) is 5.92 Å². The quantitative estimate of drug-likeness (QED) is 0.921. The van der Waals surface area contributed by atoms with E-state index in [-0.39, 0.29) is 6.10 Å². The van der Waals surface area contributed by atoms with Crippen LogP contribution in [0.5, 0.6) is 0 Å². The van der Waals surface area contributed by atoms with Gasteiger partial charge in [0.15, 0.2) is 0 Å². The van der Waals surface area contributed by atoms with Gasteiger partial charge in [-0.3, -0.25) is 4.90 Å². The summed E-state index contributed by atoms with van der Waals surface area (Å²) in [6.07, 6.45) is 7.38. The van der Waals surface area contributed by atoms with Crippen LogP contribution in [-0.4, -0.2) is 45.3 Å². The number of piperidine rings is 1. The number of nitrogens with zero attached hydrogens (tertiary/aromatic N) is 3. The highest BCUT2D eigenvalue weighted by molar-refractivity contribution is 5.15. The molecule has 0 spiro atoms. The molecule has 1 fully saturated rings. The van der Waals surface area contributed by atoms with E-state index in [0.717, 1.165) is 26.1 Å². The number of aliphatic hydroxyl groups excluding tert-OH is 1. The van der Waals surface area contributed by atoms with E-state index in [4.69, 9.17) is 0 Å². The smallest absolute Gasteiger partial charge is 0.0949 e. The Balaban J connectivity index is 1.56. The van der Waals surface area contributed by atoms with Gasteiger partial charge in [-0.2, -0.15) is 0 Å². The molecule has 0 aliphatic carbocycles. The van der Waals surface area contributed by atoms with Crippen LogP contribution in [0.3, 0.4) is 0 Å². The molecule has 4 heteroatoms. The average molecular weight is 299 g/mol. The van der Waals surface area contributed by atoms with Crippen LogP contribution in [0.1, 0.15) is 24.9 Å². The van der Waals surface area contributed by atoms with Gasteiger partial charge in [0.2, 0.25) is 0 Å². The molecule has 3 atom stereocenters. The predicted molar refractivity (Wildman–Crippen MR) is 87.6 cm³/mol. The molecule has 3 unspecified atom stereocenters. The normalized spacial score (nSPS) is 24.3. The number of β-amino-alcohol motifs (C(OH)–C–C–N with tert-alkyl or cyclic N) is 1. The molecule has 0 radical (unpaired) electrons. The summed E-state index contributed by atoms with van der Waals surface area (Å²) in [6.45, 7) is 5.11. The lowest BCUT2D eigenvalue weighted by Crippen LogP contribution is -2.44. The fourth-order valence-corrected chi connectivity index (χ4v) is 3.38. The molecule has 2 heterocycles. The lowest BCUT2D eigenvalue weighted by atomic mass is 9.93. The second kappa shape index (κ2) is 7.07. The van der Waals surface area contributed by atoms with E-state index in [0.29, 0.717) is 12.0 Å². The van der Waals surface area contributed by atoms with Gasteiger partial charge in [0.25, 0.3) is 0 Å². The van der Waals surface area contributed by atoms with Crippen molar-refractivity contribution < 1.29 is 5.11 Å². The van der Waals surface area contributed by atoms with Crippen LogP contribution >= 0.6 is 0 Å². The number of likely N-dealkylation sites (tertiary alicyclic amines) is 1. The van der Waals surface area contributed by atoms with Crippen molar-refractivity contribution in [2.45, 2.75) is 31.9 Å². The molecule has 3 rings (SSSR count). The van der Waals surface area contributed by atoms with E-state index in [9.17, 15) is 5.11 Å². The highest BCUT2D eigenvalue weighted by Gasteiger charge is 2.28. The second-order valence-corrected chi connectivity index (χ2v) is 6.45. The molecule has 22 heavy (non-hydrogen) atoms. The van der Waals surface area contributed by atoms with Crippen molar-refractivity contribution in [3.8, 4) is 0 Å². The zero-order chi connectivity index (χ0) is 15.4. The molecule has 1 N–H and O–H groups in total. The summed E-state index contributed by atoms with van der Waals surface area (Å²) in [5, 5.41) is 10.4. The minimum Gasteiger partial charge on any atom is -0.391 e. The third-order valence-corrected chi connectivity index (χ3v) is 4.69. The average Bonchev–Trinajstić information content (AvgIpc) is 3.04. The summed E-state index contributed by atoms with van der Waals surface area (Å²) in [7, 11) is 0. The molecule has 1 saturated heterocycles. The van der Waals surface area contributed by atoms with Gasteiger partial charge in [0.1, 0.15) is 0 Å². The Hall–Kier alpha value is -1.65. The zero-order valence-corrected chi connectivity index (χ0v) is 13.2. The largest absolute Gasteiger partial charge is 0.391 e. The van der Waals surface area contributed by atoms with E-state index in [1.54, 1.807) is 0 Å². The Labute approximate surface area is 132 Å². The van der Waals surface area contributed by atoms with Gasteiger partial charge in [0.05, 0.1) is 12.4 Å². The van der Waals surface area contributed by atoms with Crippen LogP contribution in [0.2, 0.25) is 0 Å². The van der Waals surface area contributed by atoms with Gasteiger partial charge in [0, 0.05) is 31.5 Å². The van der Waals surface area contributed by atoms with Gasteiger partial charge < -0.3 is 9.67 Å². The van der Waals surface area contributed by atoms with E-state index in [1.807, 2.05) is 36.9 Å². The first-order valence-corrected chi connectivity index (χ1v) is 8.14. The molecule has 1 aliphatic rings. The standard InChI is InChI=1S/C18H25N3O/c1-15-7-9-20(13-18(15)21-10-8-19-14-21)12-17(22)11-16-5-3-2-4-6-16/h2-6,8,10,14-15,17-18,22H,7,9,11-13H2,1H3. The first-order valence-electron chi connectivity index (χ1n) is 8.14. The first-order chi connectivity index (χ1) is 10.7. The summed E-state index contributed by atoms with van der Waals surface area (Å²) < 4.78 is 2.21. The number of hydrogen-bond donors (Lipinski definition) is 1. The SMILES string of the molecule is CC1CCN(CC(O)Cc2ccccc2)CC1n1ccnc1. The number of benzene rings is 1. The number of aliphatic hydroxyl groups is 1.